The highest BCUT2D eigenvalue weighted by molar-refractivity contribution is 9.10. The third-order valence-electron chi connectivity index (χ3n) is 3.97. The summed E-state index contributed by atoms with van der Waals surface area (Å²) in [5.74, 6) is 0.880. The Kier molecular flexibility index (Phi) is 3.39. The molecule has 0 bridgehead atoms. The quantitative estimate of drug-likeness (QED) is 0.902. The lowest BCUT2D eigenvalue weighted by atomic mass is 9.97. The van der Waals surface area contributed by atoms with Gasteiger partial charge in [0, 0.05) is 23.2 Å². The van der Waals surface area contributed by atoms with Gasteiger partial charge in [-0.05, 0) is 62.0 Å². The Morgan fingerprint density at radius 2 is 2.12 bits per heavy atom. The van der Waals surface area contributed by atoms with E-state index in [9.17, 15) is 0 Å². The van der Waals surface area contributed by atoms with Crippen LogP contribution in [0.5, 0.6) is 0 Å². The van der Waals surface area contributed by atoms with Gasteiger partial charge in [-0.2, -0.15) is 0 Å². The van der Waals surface area contributed by atoms with Gasteiger partial charge in [-0.3, -0.25) is 0 Å². The van der Waals surface area contributed by atoms with Crippen molar-refractivity contribution in [1.82, 2.24) is 5.32 Å². The normalized spacial score (nSPS) is 20.6. The second-order valence-corrected chi connectivity index (χ2v) is 6.08. The number of piperidine rings is 1. The molecule has 1 aromatic carbocycles. The Balaban J connectivity index is 1.70. The number of fused-ring (bicyclic) bond motifs is 1. The number of halogens is 1. The van der Waals surface area contributed by atoms with Gasteiger partial charge < -0.3 is 10.2 Å². The third kappa shape index (κ3) is 2.50. The van der Waals surface area contributed by atoms with Gasteiger partial charge in [-0.25, -0.2) is 0 Å². The van der Waals surface area contributed by atoms with Crippen molar-refractivity contribution >= 4 is 21.6 Å². The Hall–Kier alpha value is -0.540. The highest BCUT2D eigenvalue weighted by atomic mass is 79.9. The molecule has 0 aliphatic carbocycles. The van der Waals surface area contributed by atoms with E-state index in [1.54, 1.807) is 0 Å². The predicted octanol–water partition coefficient (Wildman–Crippen LogP) is 2.81. The summed E-state index contributed by atoms with van der Waals surface area (Å²) in [7, 11) is 0. The molecule has 1 aromatic rings. The van der Waals surface area contributed by atoms with E-state index < -0.39 is 0 Å². The van der Waals surface area contributed by atoms with E-state index in [1.807, 2.05) is 0 Å². The van der Waals surface area contributed by atoms with E-state index in [2.05, 4.69) is 44.3 Å². The molecular weight excluding hydrogens is 276 g/mol. The van der Waals surface area contributed by atoms with Gasteiger partial charge >= 0.3 is 0 Å². The summed E-state index contributed by atoms with van der Waals surface area (Å²) in [4.78, 5) is 2.58. The summed E-state index contributed by atoms with van der Waals surface area (Å²) in [6.45, 7) is 4.85. The number of nitrogens with one attached hydrogen (secondary N) is 1. The van der Waals surface area contributed by atoms with Gasteiger partial charge in [0.2, 0.25) is 0 Å². The number of hydrogen-bond acceptors (Lipinski definition) is 2. The molecule has 17 heavy (non-hydrogen) atoms. The molecule has 2 heterocycles. The first-order chi connectivity index (χ1) is 8.33. The molecule has 1 fully saturated rings. The summed E-state index contributed by atoms with van der Waals surface area (Å²) in [6, 6.07) is 6.71. The molecule has 2 aliphatic rings. The summed E-state index contributed by atoms with van der Waals surface area (Å²) < 4.78 is 1.21. The molecule has 2 aliphatic heterocycles. The van der Waals surface area contributed by atoms with E-state index in [0.29, 0.717) is 0 Å². The second kappa shape index (κ2) is 4.99. The minimum atomic E-state index is 0.880. The Bertz CT molecular complexity index is 399. The fourth-order valence-corrected chi connectivity index (χ4v) is 3.41. The number of hydrogen-bond donors (Lipinski definition) is 1. The minimum Gasteiger partial charge on any atom is -0.371 e. The minimum absolute atomic E-state index is 0.880. The van der Waals surface area contributed by atoms with Crippen LogP contribution in [0.15, 0.2) is 22.7 Å². The van der Waals surface area contributed by atoms with Crippen molar-refractivity contribution in [1.29, 1.82) is 0 Å². The molecule has 1 N–H and O–H groups in total. The van der Waals surface area contributed by atoms with Gasteiger partial charge in [0.05, 0.1) is 0 Å². The maximum absolute atomic E-state index is 3.56. The predicted molar refractivity (Wildman–Crippen MR) is 75.7 cm³/mol. The van der Waals surface area contributed by atoms with E-state index in [-0.39, 0.29) is 0 Å². The average Bonchev–Trinajstić information content (AvgIpc) is 2.73. The van der Waals surface area contributed by atoms with Gasteiger partial charge in [0.15, 0.2) is 0 Å². The molecule has 2 nitrogen and oxygen atoms in total. The molecule has 3 heteroatoms. The zero-order valence-corrected chi connectivity index (χ0v) is 11.7. The number of rotatable bonds is 2. The first-order valence-electron chi connectivity index (χ1n) is 6.57. The van der Waals surface area contributed by atoms with Crippen molar-refractivity contribution < 1.29 is 0 Å². The summed E-state index contributed by atoms with van der Waals surface area (Å²) in [5, 5.41) is 3.44. The lowest BCUT2D eigenvalue weighted by Crippen LogP contribution is -2.35. The van der Waals surface area contributed by atoms with Crippen molar-refractivity contribution in [2.75, 3.05) is 31.1 Å². The summed E-state index contributed by atoms with van der Waals surface area (Å²) in [6.07, 6.45) is 3.88. The van der Waals surface area contributed by atoms with Crippen LogP contribution in [0.3, 0.4) is 0 Å². The van der Waals surface area contributed by atoms with E-state index in [4.69, 9.17) is 0 Å². The highest BCUT2D eigenvalue weighted by Gasteiger charge is 2.23. The molecule has 0 spiro atoms. The molecule has 3 rings (SSSR count). The van der Waals surface area contributed by atoms with Crippen molar-refractivity contribution in [3.05, 3.63) is 28.2 Å². The fourth-order valence-electron chi connectivity index (χ4n) is 3.00. The van der Waals surface area contributed by atoms with Gasteiger partial charge in [0.1, 0.15) is 0 Å². The van der Waals surface area contributed by atoms with E-state index >= 15 is 0 Å². The molecule has 1 saturated heterocycles. The lowest BCUT2D eigenvalue weighted by molar-refractivity contribution is 0.375. The number of benzene rings is 1. The van der Waals surface area contributed by atoms with Crippen molar-refractivity contribution in [3.63, 3.8) is 0 Å². The van der Waals surface area contributed by atoms with Crippen LogP contribution in [0.4, 0.5) is 5.69 Å². The maximum atomic E-state index is 3.56. The fraction of sp³-hybridized carbons (Fsp3) is 0.571. The second-order valence-electron chi connectivity index (χ2n) is 5.16. The largest absolute Gasteiger partial charge is 0.371 e. The smallest absolute Gasteiger partial charge is 0.0400 e. The standard InChI is InChI=1S/C14H19BrN2/c15-13-1-2-14-12(9-13)5-8-17(14)10-11-3-6-16-7-4-11/h1-2,9,11,16H,3-8,10H2. The first kappa shape index (κ1) is 11.5. The lowest BCUT2D eigenvalue weighted by Gasteiger charge is -2.29. The van der Waals surface area contributed by atoms with Crippen LogP contribution in [-0.2, 0) is 6.42 Å². The molecular formula is C14H19BrN2. The molecule has 0 saturated carbocycles. The number of nitrogens with zero attached hydrogens (tertiary/aromatic N) is 1. The van der Waals surface area contributed by atoms with Crippen LogP contribution >= 0.6 is 15.9 Å². The molecule has 0 aromatic heterocycles. The molecule has 0 radical (unpaired) electrons. The van der Waals surface area contributed by atoms with Gasteiger partial charge in [0.25, 0.3) is 0 Å². The van der Waals surface area contributed by atoms with Crippen LogP contribution in [0.1, 0.15) is 18.4 Å². The van der Waals surface area contributed by atoms with E-state index in [1.165, 1.54) is 61.2 Å². The summed E-state index contributed by atoms with van der Waals surface area (Å²) >= 11 is 3.56. The van der Waals surface area contributed by atoms with Crippen molar-refractivity contribution in [3.8, 4) is 0 Å². The van der Waals surface area contributed by atoms with Crippen LogP contribution in [-0.4, -0.2) is 26.2 Å². The number of anilines is 1. The van der Waals surface area contributed by atoms with E-state index in [0.717, 1.165) is 5.92 Å². The molecule has 92 valence electrons. The zero-order valence-electron chi connectivity index (χ0n) is 10.1. The average molecular weight is 295 g/mol. The highest BCUT2D eigenvalue weighted by Crippen LogP contribution is 2.31. The van der Waals surface area contributed by atoms with Gasteiger partial charge in [-0.15, -0.1) is 0 Å². The molecule has 0 unspecified atom stereocenters. The SMILES string of the molecule is Brc1ccc2c(c1)CCN2CC1CCNCC1. The monoisotopic (exact) mass is 294 g/mol. The van der Waals surface area contributed by atoms with Crippen LogP contribution in [0.2, 0.25) is 0 Å². The Labute approximate surface area is 112 Å². The van der Waals surface area contributed by atoms with Crippen LogP contribution in [0, 0.1) is 5.92 Å². The Morgan fingerprint density at radius 3 is 2.94 bits per heavy atom. The maximum Gasteiger partial charge on any atom is 0.0400 e. The van der Waals surface area contributed by atoms with Crippen molar-refractivity contribution in [2.45, 2.75) is 19.3 Å². The summed E-state index contributed by atoms with van der Waals surface area (Å²) in [5.41, 5.74) is 2.97. The van der Waals surface area contributed by atoms with Gasteiger partial charge in [-0.1, -0.05) is 15.9 Å². The van der Waals surface area contributed by atoms with Crippen LogP contribution in [0.25, 0.3) is 0 Å². The molecule has 0 atom stereocenters. The topological polar surface area (TPSA) is 15.3 Å². The third-order valence-corrected chi connectivity index (χ3v) is 4.46. The Morgan fingerprint density at radius 1 is 1.29 bits per heavy atom. The molecule has 0 amide bonds. The zero-order chi connectivity index (χ0) is 11.7. The van der Waals surface area contributed by atoms with Crippen molar-refractivity contribution in [2.24, 2.45) is 5.92 Å². The van der Waals surface area contributed by atoms with Crippen LogP contribution < -0.4 is 10.2 Å². The first-order valence-corrected chi connectivity index (χ1v) is 7.36.